The molecule has 0 N–H and O–H groups in total. The van der Waals surface area contributed by atoms with Gasteiger partial charge in [-0.05, 0) is 33.1 Å². The third kappa shape index (κ3) is 15.0. The van der Waals surface area contributed by atoms with E-state index in [9.17, 15) is 19.8 Å². The van der Waals surface area contributed by atoms with Gasteiger partial charge in [0.15, 0.2) is 0 Å². The molecule has 0 atom stereocenters. The second-order valence-corrected chi connectivity index (χ2v) is 15.0. The fraction of sp³-hybridized carbons (Fsp3) is 0.533. The summed E-state index contributed by atoms with van der Waals surface area (Å²) in [6, 6.07) is 13.6. The summed E-state index contributed by atoms with van der Waals surface area (Å²) in [5.74, 6) is -2.25. The zero-order valence-corrected chi connectivity index (χ0v) is 25.8. The molecule has 35 heavy (non-hydrogen) atoms. The maximum absolute atomic E-state index is 10.5. The van der Waals surface area contributed by atoms with E-state index in [4.69, 9.17) is 0 Å². The van der Waals surface area contributed by atoms with Crippen molar-refractivity contribution in [3.63, 3.8) is 0 Å². The normalized spacial score (nSPS) is 10.7. The topological polar surface area (TPSA) is 80.3 Å². The summed E-state index contributed by atoms with van der Waals surface area (Å²) >= 11 is 0.149. The SMILES string of the molecule is CC(C)(C)c1ccc(C(=O)[O-])cc1.CC(C)(C)c1ccc(C(=O)[O-])cc1.CCC[CH2][Sn+2][CH2]CCC. The van der Waals surface area contributed by atoms with E-state index in [0.717, 1.165) is 11.1 Å². The van der Waals surface area contributed by atoms with E-state index in [0.29, 0.717) is 0 Å². The van der Waals surface area contributed by atoms with E-state index in [1.165, 1.54) is 25.7 Å². The molecule has 2 rings (SSSR count). The first-order chi connectivity index (χ1) is 16.2. The molecule has 0 saturated carbocycles. The monoisotopic (exact) mass is 588 g/mol. The van der Waals surface area contributed by atoms with E-state index in [-0.39, 0.29) is 43.1 Å². The van der Waals surface area contributed by atoms with Crippen molar-refractivity contribution < 1.29 is 19.8 Å². The molecule has 0 heterocycles. The number of hydrogen-bond donors (Lipinski definition) is 0. The van der Waals surface area contributed by atoms with Gasteiger partial charge in [0, 0.05) is 0 Å². The molecule has 2 aromatic carbocycles. The molecular weight excluding hydrogens is 543 g/mol. The Morgan fingerprint density at radius 3 is 1.11 bits per heavy atom. The zero-order valence-electron chi connectivity index (χ0n) is 23.0. The van der Waals surface area contributed by atoms with E-state index in [1.54, 1.807) is 33.1 Å². The van der Waals surface area contributed by atoms with Gasteiger partial charge in [-0.25, -0.2) is 0 Å². The predicted octanol–water partition coefficient (Wildman–Crippen LogP) is 5.82. The van der Waals surface area contributed by atoms with E-state index < -0.39 is 11.9 Å². The summed E-state index contributed by atoms with van der Waals surface area (Å²) in [5, 5.41) is 20.9. The molecule has 0 unspecified atom stereocenters. The van der Waals surface area contributed by atoms with Crippen LogP contribution < -0.4 is 10.2 Å². The standard InChI is InChI=1S/2C11H14O2.2C4H9.Sn/c2*1-11(2,3)9-6-4-8(5-7-9)10(12)13;2*1-3-4-2;/h2*4-7H,1-3H3,(H,12,13);2*1,3-4H2,2H3;/q;;;;+2/p-2. The number of carbonyl (C=O) groups is 2. The first-order valence-corrected chi connectivity index (χ1v) is 16.6. The van der Waals surface area contributed by atoms with Gasteiger partial charge in [0.2, 0.25) is 0 Å². The fourth-order valence-electron chi connectivity index (χ4n) is 2.94. The first kappa shape index (κ1) is 33.2. The molecular formula is C30H44O4Sn. The third-order valence-corrected chi connectivity index (χ3v) is 9.42. The van der Waals surface area contributed by atoms with Gasteiger partial charge >= 0.3 is 69.5 Å². The van der Waals surface area contributed by atoms with E-state index in [2.05, 4.69) is 55.4 Å². The van der Waals surface area contributed by atoms with Crippen LogP contribution in [0.2, 0.25) is 8.87 Å². The van der Waals surface area contributed by atoms with Crippen LogP contribution in [0.25, 0.3) is 0 Å². The minimum absolute atomic E-state index is 0.0600. The number of rotatable bonds is 8. The van der Waals surface area contributed by atoms with Crippen molar-refractivity contribution in [2.24, 2.45) is 0 Å². The van der Waals surface area contributed by atoms with Gasteiger partial charge in [-0.15, -0.1) is 0 Å². The van der Waals surface area contributed by atoms with Crippen molar-refractivity contribution in [1.82, 2.24) is 0 Å². The van der Waals surface area contributed by atoms with Crippen molar-refractivity contribution in [3.05, 3.63) is 70.8 Å². The van der Waals surface area contributed by atoms with Crippen LogP contribution in [0, 0.1) is 0 Å². The molecule has 5 heteroatoms. The number of carboxylic acids is 2. The molecule has 192 valence electrons. The molecule has 0 aliphatic rings. The average molecular weight is 587 g/mol. The van der Waals surface area contributed by atoms with Crippen LogP contribution in [-0.2, 0) is 10.8 Å². The van der Waals surface area contributed by atoms with Crippen LogP contribution in [0.5, 0.6) is 0 Å². The Morgan fingerprint density at radius 1 is 0.629 bits per heavy atom. The summed E-state index contributed by atoms with van der Waals surface area (Å²) in [7, 11) is 0. The van der Waals surface area contributed by atoms with Gasteiger partial charge in [-0.2, -0.15) is 0 Å². The molecule has 0 spiro atoms. The Morgan fingerprint density at radius 2 is 0.914 bits per heavy atom. The summed E-state index contributed by atoms with van der Waals surface area (Å²) < 4.78 is 3.25. The van der Waals surface area contributed by atoms with Crippen LogP contribution in [0.15, 0.2) is 48.5 Å². The predicted molar refractivity (Wildman–Crippen MR) is 144 cm³/mol. The van der Waals surface area contributed by atoms with Gasteiger partial charge in [-0.3, -0.25) is 0 Å². The Hall–Kier alpha value is -1.82. The van der Waals surface area contributed by atoms with Crippen LogP contribution in [0.1, 0.15) is 113 Å². The molecule has 0 saturated heterocycles. The van der Waals surface area contributed by atoms with Crippen LogP contribution in [0.4, 0.5) is 0 Å². The molecule has 0 fully saturated rings. The summed E-state index contributed by atoms with van der Waals surface area (Å²) in [5.41, 5.74) is 2.82. The second kappa shape index (κ2) is 16.8. The number of hydrogen-bond acceptors (Lipinski definition) is 4. The van der Waals surface area contributed by atoms with E-state index in [1.807, 2.05) is 24.3 Å². The van der Waals surface area contributed by atoms with Crippen LogP contribution in [0.3, 0.4) is 0 Å². The van der Waals surface area contributed by atoms with Crippen molar-refractivity contribution in [2.75, 3.05) is 0 Å². The molecule has 0 radical (unpaired) electrons. The number of aromatic carboxylic acids is 2. The maximum atomic E-state index is 10.5. The number of benzene rings is 2. The van der Waals surface area contributed by atoms with Gasteiger partial charge < -0.3 is 19.8 Å². The summed E-state index contributed by atoms with van der Waals surface area (Å²) in [4.78, 5) is 20.9. The van der Waals surface area contributed by atoms with Crippen molar-refractivity contribution in [2.45, 2.75) is 101 Å². The zero-order chi connectivity index (χ0) is 27.1. The number of unbranched alkanes of at least 4 members (excludes halogenated alkanes) is 2. The Labute approximate surface area is 223 Å². The summed E-state index contributed by atoms with van der Waals surface area (Å²) in [6.07, 6.45) is 5.84. The Balaban J connectivity index is 0.000000506. The molecule has 4 nitrogen and oxygen atoms in total. The number of carbonyl (C=O) groups excluding carboxylic acids is 2. The van der Waals surface area contributed by atoms with Gasteiger partial charge in [0.05, 0.1) is 11.9 Å². The molecule has 2 aromatic rings. The molecule has 0 aliphatic carbocycles. The Kier molecular flexibility index (Phi) is 15.9. The van der Waals surface area contributed by atoms with Crippen LogP contribution >= 0.6 is 0 Å². The third-order valence-electron chi connectivity index (χ3n) is 5.39. The quantitative estimate of drug-likeness (QED) is 0.288. The second-order valence-electron chi connectivity index (χ2n) is 10.7. The van der Waals surface area contributed by atoms with Gasteiger partial charge in [-0.1, -0.05) is 90.1 Å². The molecule has 0 aromatic heterocycles. The van der Waals surface area contributed by atoms with Crippen molar-refractivity contribution >= 4 is 33.1 Å². The van der Waals surface area contributed by atoms with Gasteiger partial charge in [0.25, 0.3) is 0 Å². The minimum atomic E-state index is -1.12. The van der Waals surface area contributed by atoms with Crippen LogP contribution in [-0.4, -0.2) is 33.1 Å². The van der Waals surface area contributed by atoms with Crippen molar-refractivity contribution in [3.8, 4) is 0 Å². The number of carboxylic acid groups (broad SMARTS) is 2. The average Bonchev–Trinajstić information content (AvgIpc) is 2.79. The van der Waals surface area contributed by atoms with E-state index >= 15 is 0 Å². The summed E-state index contributed by atoms with van der Waals surface area (Å²) in [6.45, 7) is 17.1. The molecule has 0 aliphatic heterocycles. The fourth-order valence-corrected chi connectivity index (χ4v) is 7.10. The Bertz CT molecular complexity index is 784. The van der Waals surface area contributed by atoms with Gasteiger partial charge in [0.1, 0.15) is 0 Å². The molecule has 0 bridgehead atoms. The molecule has 0 amide bonds. The first-order valence-electron chi connectivity index (χ1n) is 12.6. The van der Waals surface area contributed by atoms with Crippen molar-refractivity contribution in [1.29, 1.82) is 0 Å².